The second kappa shape index (κ2) is 8.57. The van der Waals surface area contributed by atoms with E-state index in [9.17, 15) is 18.3 Å². The van der Waals surface area contributed by atoms with Crippen molar-refractivity contribution in [1.29, 1.82) is 0 Å². The summed E-state index contributed by atoms with van der Waals surface area (Å²) in [4.78, 5) is 12.7. The van der Waals surface area contributed by atoms with E-state index in [4.69, 9.17) is 21.5 Å². The van der Waals surface area contributed by atoms with Crippen molar-refractivity contribution in [3.63, 3.8) is 0 Å². The summed E-state index contributed by atoms with van der Waals surface area (Å²) in [5.74, 6) is -0.582. The molecule has 2 fully saturated rings. The number of alkyl halides is 1. The summed E-state index contributed by atoms with van der Waals surface area (Å²) in [7, 11) is -4.06. The van der Waals surface area contributed by atoms with Crippen LogP contribution in [0.3, 0.4) is 0 Å². The molecule has 2 aromatic rings. The number of carbonyl (C=O) groups is 1. The zero-order valence-electron chi connectivity index (χ0n) is 19.9. The molecule has 2 unspecified atom stereocenters. The van der Waals surface area contributed by atoms with Gasteiger partial charge in [-0.1, -0.05) is 30.7 Å². The molecule has 0 heterocycles. The molecule has 6 nitrogen and oxygen atoms in total. The molecule has 0 bridgehead atoms. The molecule has 9 heteroatoms. The maximum Gasteiger partial charge on any atom is 0.340 e. The molecule has 0 radical (unpaired) electrons. The number of esters is 1. The van der Waals surface area contributed by atoms with Gasteiger partial charge in [-0.3, -0.25) is 0 Å². The number of rotatable bonds is 4. The zero-order valence-corrected chi connectivity index (χ0v) is 21.5. The van der Waals surface area contributed by atoms with E-state index >= 15 is 4.39 Å². The Kier molecular flexibility index (Phi) is 6.01. The van der Waals surface area contributed by atoms with Crippen molar-refractivity contribution in [3.8, 4) is 5.75 Å². The lowest BCUT2D eigenvalue weighted by Crippen LogP contribution is -2.51. The van der Waals surface area contributed by atoms with E-state index in [1.807, 2.05) is 19.1 Å². The van der Waals surface area contributed by atoms with Crippen LogP contribution in [0.5, 0.6) is 5.75 Å². The van der Waals surface area contributed by atoms with Gasteiger partial charge in [-0.15, -0.1) is 6.58 Å². The molecule has 0 aromatic heterocycles. The number of ether oxygens (including phenoxy) is 1. The molecule has 0 spiro atoms. The fourth-order valence-electron chi connectivity index (χ4n) is 7.09. The van der Waals surface area contributed by atoms with Crippen LogP contribution < -0.4 is 5.14 Å². The van der Waals surface area contributed by atoms with E-state index in [1.54, 1.807) is 12.1 Å². The van der Waals surface area contributed by atoms with Gasteiger partial charge in [0.15, 0.2) is 0 Å². The molecular formula is C27H29ClFNO5S. The van der Waals surface area contributed by atoms with Crippen LogP contribution in [0, 0.1) is 17.3 Å². The highest BCUT2D eigenvalue weighted by Crippen LogP contribution is 2.64. The summed E-state index contributed by atoms with van der Waals surface area (Å²) in [6.45, 7) is 6.10. The Morgan fingerprint density at radius 1 is 1.25 bits per heavy atom. The summed E-state index contributed by atoms with van der Waals surface area (Å²) in [6.07, 6.45) is 2.87. The minimum atomic E-state index is -4.06. The average Bonchev–Trinajstić information content (AvgIpc) is 3.08. The SMILES string of the molecule is C=C[C@]12CC[C@@]3(C)C(C[C@@H](OC(=O)c4cc(S(N)(=O)=O)ccc4Cl)[C@@H]3F)C1CCc1cc(O)ccc12. The highest BCUT2D eigenvalue weighted by Gasteiger charge is 2.63. The number of hydrogen-bond donors (Lipinski definition) is 2. The van der Waals surface area contributed by atoms with Crippen LogP contribution in [0.1, 0.15) is 54.1 Å². The van der Waals surface area contributed by atoms with E-state index in [2.05, 4.69) is 6.58 Å². The van der Waals surface area contributed by atoms with Crippen molar-refractivity contribution in [2.24, 2.45) is 22.4 Å². The quantitative estimate of drug-likeness (QED) is 0.422. The van der Waals surface area contributed by atoms with E-state index in [1.165, 1.54) is 12.1 Å². The van der Waals surface area contributed by atoms with Crippen molar-refractivity contribution in [1.82, 2.24) is 0 Å². The van der Waals surface area contributed by atoms with Gasteiger partial charge < -0.3 is 9.84 Å². The molecule has 0 amide bonds. The molecular weight excluding hydrogens is 505 g/mol. The fraction of sp³-hybridized carbons (Fsp3) is 0.444. The van der Waals surface area contributed by atoms with Crippen LogP contribution >= 0.6 is 11.6 Å². The molecule has 192 valence electrons. The number of halogens is 2. The molecule has 0 saturated heterocycles. The van der Waals surface area contributed by atoms with Crippen LogP contribution in [0.2, 0.25) is 5.02 Å². The normalized spacial score (nSPS) is 33.2. The fourth-order valence-corrected chi connectivity index (χ4v) is 7.83. The van der Waals surface area contributed by atoms with Gasteiger partial charge in [-0.2, -0.15) is 0 Å². The first-order valence-corrected chi connectivity index (χ1v) is 14.0. The largest absolute Gasteiger partial charge is 0.508 e. The highest BCUT2D eigenvalue weighted by molar-refractivity contribution is 7.89. The number of benzene rings is 2. The van der Waals surface area contributed by atoms with E-state index in [-0.39, 0.29) is 38.5 Å². The number of aromatic hydroxyl groups is 1. The number of phenols is 1. The number of aryl methyl sites for hydroxylation is 1. The number of nitrogens with two attached hydrogens (primary N) is 1. The van der Waals surface area contributed by atoms with Gasteiger partial charge in [0, 0.05) is 10.8 Å². The van der Waals surface area contributed by atoms with Crippen LogP contribution in [0.15, 0.2) is 53.9 Å². The van der Waals surface area contributed by atoms with E-state index in [0.717, 1.165) is 36.5 Å². The lowest BCUT2D eigenvalue weighted by atomic mass is 9.48. The first-order valence-electron chi connectivity index (χ1n) is 12.0. The van der Waals surface area contributed by atoms with Gasteiger partial charge >= 0.3 is 5.97 Å². The third-order valence-electron chi connectivity index (χ3n) is 8.94. The molecule has 5 rings (SSSR count). The Labute approximate surface area is 215 Å². The van der Waals surface area contributed by atoms with E-state index in [0.29, 0.717) is 12.8 Å². The number of hydrogen-bond acceptors (Lipinski definition) is 5. The van der Waals surface area contributed by atoms with Crippen molar-refractivity contribution >= 4 is 27.6 Å². The first-order chi connectivity index (χ1) is 16.9. The third kappa shape index (κ3) is 3.76. The Morgan fingerprint density at radius 3 is 2.69 bits per heavy atom. The maximum absolute atomic E-state index is 16.0. The molecule has 0 aliphatic heterocycles. The highest BCUT2D eigenvalue weighted by atomic mass is 35.5. The minimum Gasteiger partial charge on any atom is -0.508 e. The van der Waals surface area contributed by atoms with Crippen molar-refractivity contribution in [2.75, 3.05) is 0 Å². The van der Waals surface area contributed by atoms with Gasteiger partial charge in [0.1, 0.15) is 18.0 Å². The molecule has 2 aromatic carbocycles. The summed E-state index contributed by atoms with van der Waals surface area (Å²) in [5, 5.41) is 15.2. The second-order valence-corrected chi connectivity index (χ2v) is 12.6. The van der Waals surface area contributed by atoms with Crippen LogP contribution in [-0.2, 0) is 26.6 Å². The van der Waals surface area contributed by atoms with E-state index < -0.39 is 33.7 Å². The molecule has 2 saturated carbocycles. The van der Waals surface area contributed by atoms with Crippen molar-refractivity contribution in [3.05, 3.63) is 70.8 Å². The van der Waals surface area contributed by atoms with Gasteiger partial charge in [-0.25, -0.2) is 22.7 Å². The predicted octanol–water partition coefficient (Wildman–Crippen LogP) is 5.06. The monoisotopic (exact) mass is 533 g/mol. The maximum atomic E-state index is 16.0. The lowest BCUT2D eigenvalue weighted by molar-refractivity contribution is -0.0272. The molecule has 3 aliphatic carbocycles. The standard InChI is InChI=1S/C27H29ClFNO5S/c1-3-27-11-10-26(2)21(20(27)7-4-15-12-16(31)5-8-19(15)27)14-23(24(26)29)35-25(32)18-13-17(36(30,33)34)6-9-22(18)28/h3,5-6,8-9,12-13,20-21,23-24,31H,1,4,7,10-11,14H2,2H3,(H2,30,33,34)/t20?,21?,23-,24+,26+,27-/m1/s1. The van der Waals surface area contributed by atoms with Crippen LogP contribution in [0.25, 0.3) is 0 Å². The smallest absolute Gasteiger partial charge is 0.340 e. The lowest BCUT2D eigenvalue weighted by Gasteiger charge is -2.55. The number of sulfonamides is 1. The number of allylic oxidation sites excluding steroid dienone is 1. The molecule has 3 N–H and O–H groups in total. The minimum absolute atomic E-state index is 0.00208. The molecule has 3 aliphatic rings. The van der Waals surface area contributed by atoms with Gasteiger partial charge in [0.25, 0.3) is 0 Å². The van der Waals surface area contributed by atoms with Crippen molar-refractivity contribution < 1.29 is 27.4 Å². The Morgan fingerprint density at radius 2 is 2.00 bits per heavy atom. The summed E-state index contributed by atoms with van der Waals surface area (Å²) >= 11 is 6.14. The second-order valence-electron chi connectivity index (χ2n) is 10.6. The first kappa shape index (κ1) is 25.2. The number of fused-ring (bicyclic) bond motifs is 5. The summed E-state index contributed by atoms with van der Waals surface area (Å²) in [6, 6.07) is 8.98. The number of primary sulfonamides is 1. The number of phenolic OH excluding ortho intramolecular Hbond substituents is 1. The van der Waals surface area contributed by atoms with Crippen LogP contribution in [0.4, 0.5) is 4.39 Å². The van der Waals surface area contributed by atoms with Crippen LogP contribution in [-0.4, -0.2) is 31.8 Å². The Bertz CT molecular complexity index is 1360. The third-order valence-corrected chi connectivity index (χ3v) is 10.2. The Hall–Kier alpha value is -2.42. The summed E-state index contributed by atoms with van der Waals surface area (Å²) < 4.78 is 45.1. The van der Waals surface area contributed by atoms with Gasteiger partial charge in [0.2, 0.25) is 10.0 Å². The number of carbonyl (C=O) groups excluding carboxylic acids is 1. The topological polar surface area (TPSA) is 107 Å². The van der Waals surface area contributed by atoms with Gasteiger partial charge in [0.05, 0.1) is 15.5 Å². The van der Waals surface area contributed by atoms with Gasteiger partial charge in [-0.05, 0) is 85.4 Å². The Balaban J connectivity index is 1.44. The predicted molar refractivity (Wildman–Crippen MR) is 134 cm³/mol. The zero-order chi connectivity index (χ0) is 26.0. The average molecular weight is 534 g/mol. The molecule has 6 atom stereocenters. The van der Waals surface area contributed by atoms with Crippen molar-refractivity contribution in [2.45, 2.75) is 61.6 Å². The molecule has 36 heavy (non-hydrogen) atoms. The summed E-state index contributed by atoms with van der Waals surface area (Å²) in [5.41, 5.74) is 1.05.